The Bertz CT molecular complexity index is 1230. The van der Waals surface area contributed by atoms with Crippen molar-refractivity contribution in [3.05, 3.63) is 65.1 Å². The number of benzene rings is 2. The Labute approximate surface area is 188 Å². The highest BCUT2D eigenvalue weighted by atomic mass is 32.2. The van der Waals surface area contributed by atoms with Crippen molar-refractivity contribution in [2.75, 3.05) is 6.61 Å². The summed E-state index contributed by atoms with van der Waals surface area (Å²) >= 11 is 2.47. The normalized spacial score (nSPS) is 15.2. The highest BCUT2D eigenvalue weighted by molar-refractivity contribution is 8.18. The SMILES string of the molecule is CCOc1ccc2nc(Sc3ccccc3)c(C=C3SC(=N)N(C(C)=O)C3=O)cc2c1. The molecule has 0 bridgehead atoms. The van der Waals surface area contributed by atoms with E-state index < -0.39 is 11.8 Å². The van der Waals surface area contributed by atoms with E-state index in [-0.39, 0.29) is 5.17 Å². The molecule has 8 heteroatoms. The third kappa shape index (κ3) is 4.50. The summed E-state index contributed by atoms with van der Waals surface area (Å²) in [5, 5.41) is 9.49. The van der Waals surface area contributed by atoms with E-state index in [1.165, 1.54) is 18.7 Å². The van der Waals surface area contributed by atoms with Crippen LogP contribution in [0.1, 0.15) is 19.4 Å². The highest BCUT2D eigenvalue weighted by Crippen LogP contribution is 2.37. The zero-order valence-electron chi connectivity index (χ0n) is 16.9. The molecule has 4 rings (SSSR count). The van der Waals surface area contributed by atoms with Gasteiger partial charge in [0.15, 0.2) is 5.17 Å². The van der Waals surface area contributed by atoms with Crippen molar-refractivity contribution < 1.29 is 14.3 Å². The molecule has 1 saturated heterocycles. The van der Waals surface area contributed by atoms with Gasteiger partial charge in [-0.15, -0.1) is 0 Å². The predicted octanol–water partition coefficient (Wildman–Crippen LogP) is 5.18. The number of nitrogens with one attached hydrogen (secondary N) is 1. The third-order valence-electron chi connectivity index (χ3n) is 4.47. The Hall–Kier alpha value is -3.10. The van der Waals surface area contributed by atoms with Gasteiger partial charge in [0.25, 0.3) is 5.91 Å². The van der Waals surface area contributed by atoms with Crippen molar-refractivity contribution in [1.29, 1.82) is 5.41 Å². The molecule has 0 saturated carbocycles. The minimum atomic E-state index is -0.485. The van der Waals surface area contributed by atoms with Crippen molar-refractivity contribution in [2.24, 2.45) is 0 Å². The van der Waals surface area contributed by atoms with E-state index >= 15 is 0 Å². The first-order valence-electron chi connectivity index (χ1n) is 9.60. The smallest absolute Gasteiger partial charge is 0.273 e. The Balaban J connectivity index is 1.82. The summed E-state index contributed by atoms with van der Waals surface area (Å²) in [6.45, 7) is 3.77. The summed E-state index contributed by atoms with van der Waals surface area (Å²) in [6.07, 6.45) is 1.70. The second-order valence-corrected chi connectivity index (χ2v) is 8.75. The summed E-state index contributed by atoms with van der Waals surface area (Å²) in [5.41, 5.74) is 1.55. The summed E-state index contributed by atoms with van der Waals surface area (Å²) in [7, 11) is 0. The van der Waals surface area contributed by atoms with Crippen molar-refractivity contribution in [3.63, 3.8) is 0 Å². The minimum Gasteiger partial charge on any atom is -0.494 e. The fourth-order valence-electron chi connectivity index (χ4n) is 3.11. The lowest BCUT2D eigenvalue weighted by atomic mass is 10.1. The van der Waals surface area contributed by atoms with E-state index in [0.29, 0.717) is 11.5 Å². The molecule has 2 heterocycles. The number of pyridine rings is 1. The van der Waals surface area contributed by atoms with Gasteiger partial charge in [-0.25, -0.2) is 9.88 Å². The molecule has 6 nitrogen and oxygen atoms in total. The van der Waals surface area contributed by atoms with E-state index in [1.54, 1.807) is 6.08 Å². The van der Waals surface area contributed by atoms with Crippen LogP contribution in [0.2, 0.25) is 0 Å². The number of amides is 2. The average Bonchev–Trinajstić information content (AvgIpc) is 3.02. The summed E-state index contributed by atoms with van der Waals surface area (Å²) in [5.74, 6) is -0.209. The monoisotopic (exact) mass is 449 g/mol. The van der Waals surface area contributed by atoms with Crippen LogP contribution < -0.4 is 4.74 Å². The van der Waals surface area contributed by atoms with Crippen molar-refractivity contribution in [3.8, 4) is 5.75 Å². The highest BCUT2D eigenvalue weighted by Gasteiger charge is 2.35. The van der Waals surface area contributed by atoms with Gasteiger partial charge in [-0.3, -0.25) is 15.0 Å². The molecule has 1 N–H and O–H groups in total. The lowest BCUT2D eigenvalue weighted by Crippen LogP contribution is -2.32. The molecular formula is C23H19N3O3S2. The minimum absolute atomic E-state index is 0.0895. The number of carbonyl (C=O) groups is 2. The summed E-state index contributed by atoms with van der Waals surface area (Å²) in [6, 6.07) is 17.5. The van der Waals surface area contributed by atoms with Gasteiger partial charge in [0.2, 0.25) is 5.91 Å². The zero-order valence-corrected chi connectivity index (χ0v) is 18.5. The first kappa shape index (κ1) is 21.1. The van der Waals surface area contributed by atoms with Crippen LogP contribution in [0.5, 0.6) is 5.75 Å². The zero-order chi connectivity index (χ0) is 22.0. The number of nitrogens with zero attached hydrogens (tertiary/aromatic N) is 2. The number of fused-ring (bicyclic) bond motifs is 1. The lowest BCUT2D eigenvalue weighted by molar-refractivity contribution is -0.135. The first-order chi connectivity index (χ1) is 15.0. The van der Waals surface area contributed by atoms with Gasteiger partial charge < -0.3 is 4.74 Å². The molecule has 1 fully saturated rings. The fraction of sp³-hybridized carbons (Fsp3) is 0.130. The molecule has 156 valence electrons. The Morgan fingerprint density at radius 2 is 2.00 bits per heavy atom. The molecule has 0 unspecified atom stereocenters. The molecule has 0 aliphatic carbocycles. The van der Waals surface area contributed by atoms with Gasteiger partial charge in [0.05, 0.1) is 17.0 Å². The van der Waals surface area contributed by atoms with E-state index in [2.05, 4.69) is 0 Å². The van der Waals surface area contributed by atoms with Crippen LogP contribution in [0, 0.1) is 5.41 Å². The van der Waals surface area contributed by atoms with E-state index in [0.717, 1.165) is 48.8 Å². The summed E-state index contributed by atoms with van der Waals surface area (Å²) in [4.78, 5) is 31.4. The topological polar surface area (TPSA) is 83.3 Å². The molecule has 3 aromatic rings. The van der Waals surface area contributed by atoms with Gasteiger partial charge in [-0.1, -0.05) is 30.0 Å². The van der Waals surface area contributed by atoms with Gasteiger partial charge >= 0.3 is 0 Å². The number of rotatable bonds is 5. The second-order valence-electron chi connectivity index (χ2n) is 6.66. The van der Waals surface area contributed by atoms with E-state index in [4.69, 9.17) is 15.1 Å². The van der Waals surface area contributed by atoms with Gasteiger partial charge in [0, 0.05) is 22.8 Å². The fourth-order valence-corrected chi connectivity index (χ4v) is 4.88. The number of imide groups is 1. The lowest BCUT2D eigenvalue weighted by Gasteiger charge is -2.10. The number of carbonyl (C=O) groups excluding carboxylic acids is 2. The van der Waals surface area contributed by atoms with Gasteiger partial charge in [0.1, 0.15) is 10.8 Å². The molecule has 0 spiro atoms. The number of aromatic nitrogens is 1. The molecule has 1 aliphatic rings. The molecule has 1 aromatic heterocycles. The number of hydrogen-bond donors (Lipinski definition) is 1. The number of hydrogen-bond acceptors (Lipinski definition) is 7. The van der Waals surface area contributed by atoms with Crippen molar-refractivity contribution in [2.45, 2.75) is 23.8 Å². The Morgan fingerprint density at radius 3 is 2.68 bits per heavy atom. The average molecular weight is 450 g/mol. The van der Waals surface area contributed by atoms with Crippen molar-refractivity contribution in [1.82, 2.24) is 9.88 Å². The Morgan fingerprint density at radius 1 is 1.23 bits per heavy atom. The van der Waals surface area contributed by atoms with E-state index in [1.807, 2.05) is 61.5 Å². The maximum absolute atomic E-state index is 12.7. The van der Waals surface area contributed by atoms with Crippen LogP contribution in [0.3, 0.4) is 0 Å². The van der Waals surface area contributed by atoms with Crippen LogP contribution in [-0.2, 0) is 9.59 Å². The first-order valence-corrected chi connectivity index (χ1v) is 11.2. The third-order valence-corrected chi connectivity index (χ3v) is 6.39. The van der Waals surface area contributed by atoms with Crippen LogP contribution >= 0.6 is 23.5 Å². The number of thioether (sulfide) groups is 1. The molecular weight excluding hydrogens is 430 g/mol. The second kappa shape index (κ2) is 8.95. The molecule has 1 aliphatic heterocycles. The molecule has 2 amide bonds. The van der Waals surface area contributed by atoms with Crippen LogP contribution in [0.4, 0.5) is 0 Å². The van der Waals surface area contributed by atoms with Crippen LogP contribution in [0.15, 0.2) is 69.4 Å². The van der Waals surface area contributed by atoms with Gasteiger partial charge in [-0.2, -0.15) is 0 Å². The maximum Gasteiger partial charge on any atom is 0.273 e. The summed E-state index contributed by atoms with van der Waals surface area (Å²) < 4.78 is 5.61. The molecule has 2 aromatic carbocycles. The largest absolute Gasteiger partial charge is 0.494 e. The van der Waals surface area contributed by atoms with Crippen LogP contribution in [0.25, 0.3) is 17.0 Å². The molecule has 0 atom stereocenters. The van der Waals surface area contributed by atoms with E-state index in [9.17, 15) is 9.59 Å². The number of amidine groups is 1. The standard InChI is InChI=1S/C23H19N3O3S2/c1-3-29-17-9-10-19-15(12-17)11-16(21(25-19)30-18-7-5-4-6-8-18)13-20-22(28)26(14(2)27)23(24)31-20/h4-13,24H,3H2,1-2H3. The van der Waals surface area contributed by atoms with Crippen LogP contribution in [-0.4, -0.2) is 33.5 Å². The van der Waals surface area contributed by atoms with Gasteiger partial charge in [-0.05, 0) is 61.2 Å². The van der Waals surface area contributed by atoms with Crippen molar-refractivity contribution >= 4 is 57.5 Å². The predicted molar refractivity (Wildman–Crippen MR) is 124 cm³/mol. The number of ether oxygens (including phenoxy) is 1. The maximum atomic E-state index is 12.7. The Kier molecular flexibility index (Phi) is 6.11. The molecule has 0 radical (unpaired) electrons. The molecule has 31 heavy (non-hydrogen) atoms. The quantitative estimate of drug-likeness (QED) is 0.540.